The minimum Gasteiger partial charge on any atom is -0.497 e. The van der Waals surface area contributed by atoms with Crippen LogP contribution in [0.3, 0.4) is 0 Å². The van der Waals surface area contributed by atoms with E-state index in [1.165, 1.54) is 4.88 Å². The standard InChI is InChI=1S/C21H17ClN2O2S/c1-25-15-5-2-4-13(10-15)21-24-18(12-17(23-24)20-6-3-9-27-20)16-11-14(22)7-8-19(16)26-21/h2-12,18,21,23H,1H3/t18-,21+/m0/s1. The Kier molecular flexibility index (Phi) is 4.08. The van der Waals surface area contributed by atoms with Crippen molar-refractivity contribution in [3.05, 3.63) is 87.1 Å². The highest BCUT2D eigenvalue weighted by Gasteiger charge is 2.40. The maximum Gasteiger partial charge on any atom is 0.196 e. The summed E-state index contributed by atoms with van der Waals surface area (Å²) in [5.41, 5.74) is 6.70. The molecule has 0 bridgehead atoms. The van der Waals surface area contributed by atoms with Crippen LogP contribution in [0.15, 0.2) is 66.1 Å². The van der Waals surface area contributed by atoms with Crippen molar-refractivity contribution in [3.8, 4) is 11.5 Å². The molecule has 0 amide bonds. The van der Waals surface area contributed by atoms with E-state index in [1.807, 2.05) is 36.4 Å². The van der Waals surface area contributed by atoms with E-state index < -0.39 is 0 Å². The molecule has 2 aromatic carbocycles. The zero-order valence-corrected chi connectivity index (χ0v) is 16.1. The minimum atomic E-state index is -0.285. The van der Waals surface area contributed by atoms with Crippen molar-refractivity contribution in [2.75, 3.05) is 7.11 Å². The van der Waals surface area contributed by atoms with Gasteiger partial charge in [-0.2, -0.15) is 5.01 Å². The van der Waals surface area contributed by atoms with E-state index >= 15 is 0 Å². The summed E-state index contributed by atoms with van der Waals surface area (Å²) in [6.45, 7) is 0. The van der Waals surface area contributed by atoms with Gasteiger partial charge in [-0.3, -0.25) is 0 Å². The molecular weight excluding hydrogens is 380 g/mol. The highest BCUT2D eigenvalue weighted by molar-refractivity contribution is 7.11. The number of hydrogen-bond donors (Lipinski definition) is 1. The molecule has 2 aliphatic rings. The molecule has 1 N–H and O–H groups in total. The number of hydrazine groups is 1. The van der Waals surface area contributed by atoms with E-state index in [1.54, 1.807) is 18.4 Å². The molecule has 136 valence electrons. The second-order valence-corrected chi connectivity index (χ2v) is 7.83. The van der Waals surface area contributed by atoms with Crippen LogP contribution in [-0.2, 0) is 0 Å². The molecule has 2 atom stereocenters. The quantitative estimate of drug-likeness (QED) is 0.642. The normalized spacial score (nSPS) is 20.9. The zero-order valence-electron chi connectivity index (χ0n) is 14.6. The lowest BCUT2D eigenvalue weighted by molar-refractivity contribution is -0.0327. The molecule has 0 aliphatic carbocycles. The van der Waals surface area contributed by atoms with E-state index in [9.17, 15) is 0 Å². The molecule has 3 heterocycles. The van der Waals surface area contributed by atoms with E-state index in [0.717, 1.165) is 28.3 Å². The predicted molar refractivity (Wildman–Crippen MR) is 108 cm³/mol. The molecule has 2 aliphatic heterocycles. The summed E-state index contributed by atoms with van der Waals surface area (Å²) in [5, 5.41) is 4.91. The summed E-state index contributed by atoms with van der Waals surface area (Å²) in [5.74, 6) is 1.65. The molecule has 5 rings (SSSR count). The Balaban J connectivity index is 1.60. The summed E-state index contributed by atoms with van der Waals surface area (Å²) in [6, 6.07) is 18.0. The molecule has 1 aromatic heterocycles. The number of nitrogens with zero attached hydrogens (tertiary/aromatic N) is 1. The Hall–Kier alpha value is -2.47. The third kappa shape index (κ3) is 2.88. The molecular formula is C21H17ClN2O2S. The maximum atomic E-state index is 6.37. The lowest BCUT2D eigenvalue weighted by atomic mass is 10.0. The highest BCUT2D eigenvalue weighted by atomic mass is 35.5. The SMILES string of the molecule is COc1cccc([C@H]2Oc3ccc(Cl)cc3[C@@H]3C=C(c4cccs4)NN23)c1. The first-order valence-corrected chi connectivity index (χ1v) is 9.89. The van der Waals surface area contributed by atoms with Crippen LogP contribution in [0.2, 0.25) is 5.02 Å². The third-order valence-electron chi connectivity index (χ3n) is 4.82. The topological polar surface area (TPSA) is 33.7 Å². The molecule has 0 fully saturated rings. The van der Waals surface area contributed by atoms with Crippen LogP contribution in [0, 0.1) is 0 Å². The van der Waals surface area contributed by atoms with Gasteiger partial charge in [0.15, 0.2) is 6.23 Å². The molecule has 0 unspecified atom stereocenters. The van der Waals surface area contributed by atoms with Crippen molar-refractivity contribution < 1.29 is 9.47 Å². The Bertz CT molecular complexity index is 1020. The van der Waals surface area contributed by atoms with Crippen molar-refractivity contribution in [1.29, 1.82) is 0 Å². The summed E-state index contributed by atoms with van der Waals surface area (Å²) in [7, 11) is 1.67. The number of halogens is 1. The first kappa shape index (κ1) is 16.7. The van der Waals surface area contributed by atoms with Gasteiger partial charge >= 0.3 is 0 Å². The third-order valence-corrected chi connectivity index (χ3v) is 5.96. The lowest BCUT2D eigenvalue weighted by Gasteiger charge is -2.39. The van der Waals surface area contributed by atoms with Gasteiger partial charge in [0.1, 0.15) is 11.5 Å². The average Bonchev–Trinajstić information content (AvgIpc) is 3.37. The first-order chi connectivity index (χ1) is 13.2. The number of methoxy groups -OCH3 is 1. The largest absolute Gasteiger partial charge is 0.497 e. The molecule has 0 radical (unpaired) electrons. The number of ether oxygens (including phenoxy) is 2. The van der Waals surface area contributed by atoms with Crippen molar-refractivity contribution in [2.45, 2.75) is 12.3 Å². The van der Waals surface area contributed by atoms with Crippen molar-refractivity contribution in [2.24, 2.45) is 0 Å². The van der Waals surface area contributed by atoms with Crippen LogP contribution >= 0.6 is 22.9 Å². The molecule has 4 nitrogen and oxygen atoms in total. The van der Waals surface area contributed by atoms with Gasteiger partial charge in [0.2, 0.25) is 0 Å². The fourth-order valence-electron chi connectivity index (χ4n) is 3.56. The monoisotopic (exact) mass is 396 g/mol. The summed E-state index contributed by atoms with van der Waals surface area (Å²) in [6.07, 6.45) is 1.95. The molecule has 3 aromatic rings. The number of thiophene rings is 1. The molecule has 27 heavy (non-hydrogen) atoms. The fourth-order valence-corrected chi connectivity index (χ4v) is 4.44. The van der Waals surface area contributed by atoms with Gasteiger partial charge in [0.05, 0.1) is 23.7 Å². The number of rotatable bonds is 3. The molecule has 0 spiro atoms. The zero-order chi connectivity index (χ0) is 18.4. The van der Waals surface area contributed by atoms with Gasteiger partial charge < -0.3 is 14.9 Å². The summed E-state index contributed by atoms with van der Waals surface area (Å²) < 4.78 is 11.8. The van der Waals surface area contributed by atoms with Crippen LogP contribution < -0.4 is 14.9 Å². The Morgan fingerprint density at radius 3 is 2.89 bits per heavy atom. The fraction of sp³-hybridized carbons (Fsp3) is 0.143. The Labute approximate surface area is 166 Å². The van der Waals surface area contributed by atoms with Crippen LogP contribution in [0.25, 0.3) is 5.70 Å². The minimum absolute atomic E-state index is 0.0285. The van der Waals surface area contributed by atoms with Crippen LogP contribution in [0.1, 0.15) is 28.3 Å². The predicted octanol–water partition coefficient (Wildman–Crippen LogP) is 5.40. The van der Waals surface area contributed by atoms with Crippen molar-refractivity contribution >= 4 is 28.6 Å². The number of benzene rings is 2. The molecule has 0 saturated heterocycles. The summed E-state index contributed by atoms with van der Waals surface area (Å²) >= 11 is 7.98. The second kappa shape index (κ2) is 6.60. The molecule has 0 saturated carbocycles. The number of nitrogens with one attached hydrogen (secondary N) is 1. The van der Waals surface area contributed by atoms with Crippen LogP contribution in [-0.4, -0.2) is 12.1 Å². The lowest BCUT2D eigenvalue weighted by Crippen LogP contribution is -2.43. The van der Waals surface area contributed by atoms with Gasteiger partial charge in [-0.05, 0) is 47.9 Å². The Morgan fingerprint density at radius 1 is 1.15 bits per heavy atom. The maximum absolute atomic E-state index is 6.37. The molecule has 6 heteroatoms. The highest BCUT2D eigenvalue weighted by Crippen LogP contribution is 2.47. The van der Waals surface area contributed by atoms with Gasteiger partial charge in [-0.1, -0.05) is 29.8 Å². The van der Waals surface area contributed by atoms with E-state index in [0.29, 0.717) is 5.02 Å². The number of fused-ring (bicyclic) bond motifs is 3. The van der Waals surface area contributed by atoms with Gasteiger partial charge in [-0.15, -0.1) is 11.3 Å². The van der Waals surface area contributed by atoms with Gasteiger partial charge in [0.25, 0.3) is 0 Å². The van der Waals surface area contributed by atoms with Gasteiger partial charge in [0, 0.05) is 16.1 Å². The van der Waals surface area contributed by atoms with Crippen LogP contribution in [0.5, 0.6) is 11.5 Å². The smallest absolute Gasteiger partial charge is 0.196 e. The van der Waals surface area contributed by atoms with Crippen molar-refractivity contribution in [1.82, 2.24) is 10.4 Å². The van der Waals surface area contributed by atoms with E-state index in [4.69, 9.17) is 21.1 Å². The average molecular weight is 397 g/mol. The Morgan fingerprint density at radius 2 is 2.07 bits per heavy atom. The van der Waals surface area contributed by atoms with Gasteiger partial charge in [-0.25, -0.2) is 0 Å². The van der Waals surface area contributed by atoms with E-state index in [2.05, 4.69) is 40.1 Å². The van der Waals surface area contributed by atoms with Crippen LogP contribution in [0.4, 0.5) is 0 Å². The van der Waals surface area contributed by atoms with Crippen molar-refractivity contribution in [3.63, 3.8) is 0 Å². The number of hydrogen-bond acceptors (Lipinski definition) is 5. The second-order valence-electron chi connectivity index (χ2n) is 6.45. The van der Waals surface area contributed by atoms with E-state index in [-0.39, 0.29) is 12.3 Å². The summed E-state index contributed by atoms with van der Waals surface area (Å²) in [4.78, 5) is 1.19. The first-order valence-electron chi connectivity index (χ1n) is 8.64.